The zero-order chi connectivity index (χ0) is 14.5. The molecule has 0 saturated carbocycles. The van der Waals surface area contributed by atoms with Crippen molar-refractivity contribution in [2.75, 3.05) is 32.8 Å². The number of aliphatic hydroxyl groups is 2. The summed E-state index contributed by atoms with van der Waals surface area (Å²) < 4.78 is 5.28. The molecule has 112 valence electrons. The van der Waals surface area contributed by atoms with E-state index in [0.29, 0.717) is 13.0 Å². The summed E-state index contributed by atoms with van der Waals surface area (Å²) >= 11 is 0. The van der Waals surface area contributed by atoms with Gasteiger partial charge < -0.3 is 25.2 Å². The lowest BCUT2D eigenvalue weighted by molar-refractivity contribution is -0.0318. The summed E-state index contributed by atoms with van der Waals surface area (Å²) in [6.45, 7) is 6.90. The summed E-state index contributed by atoms with van der Waals surface area (Å²) in [7, 11) is 0. The minimum Gasteiger partial charge on any atom is -0.444 e. The molecular weight excluding hydrogens is 248 g/mol. The molecule has 3 N–H and O–H groups in total. The van der Waals surface area contributed by atoms with Gasteiger partial charge in [-0.05, 0) is 40.2 Å². The Balaban J connectivity index is 2.63. The Kier molecular flexibility index (Phi) is 5.58. The van der Waals surface area contributed by atoms with Gasteiger partial charge in [-0.1, -0.05) is 0 Å². The predicted molar refractivity (Wildman–Crippen MR) is 71.9 cm³/mol. The van der Waals surface area contributed by atoms with E-state index in [1.54, 1.807) is 20.8 Å². The van der Waals surface area contributed by atoms with Gasteiger partial charge in [0.2, 0.25) is 0 Å². The van der Waals surface area contributed by atoms with Crippen molar-refractivity contribution in [2.24, 2.45) is 0 Å². The third-order valence-corrected chi connectivity index (χ3v) is 2.96. The summed E-state index contributed by atoms with van der Waals surface area (Å²) in [5, 5.41) is 22.6. The van der Waals surface area contributed by atoms with Gasteiger partial charge in [-0.2, -0.15) is 0 Å². The predicted octanol–water partition coefficient (Wildman–Crippen LogP) is 0.330. The molecule has 1 aliphatic heterocycles. The average Bonchev–Trinajstić information content (AvgIpc) is 2.27. The van der Waals surface area contributed by atoms with Crippen molar-refractivity contribution in [2.45, 2.75) is 44.8 Å². The van der Waals surface area contributed by atoms with Crippen LogP contribution in [0.3, 0.4) is 0 Å². The van der Waals surface area contributed by atoms with Crippen molar-refractivity contribution in [3.63, 3.8) is 0 Å². The molecule has 6 nitrogen and oxygen atoms in total. The molecule has 1 saturated heterocycles. The maximum absolute atomic E-state index is 12.0. The SMILES string of the molecule is CC(C)(C)OC(=O)N(CCO)CC1(O)CCCNC1. The minimum atomic E-state index is -0.940. The molecule has 1 aliphatic rings. The van der Waals surface area contributed by atoms with Crippen LogP contribution < -0.4 is 5.32 Å². The molecule has 1 rings (SSSR count). The van der Waals surface area contributed by atoms with Gasteiger partial charge >= 0.3 is 6.09 Å². The Morgan fingerprint density at radius 3 is 2.63 bits per heavy atom. The molecule has 0 aromatic heterocycles. The maximum Gasteiger partial charge on any atom is 0.410 e. The Hall–Kier alpha value is -0.850. The van der Waals surface area contributed by atoms with Crippen LogP contribution in [0.5, 0.6) is 0 Å². The summed E-state index contributed by atoms with van der Waals surface area (Å²) in [4.78, 5) is 13.4. The van der Waals surface area contributed by atoms with Gasteiger partial charge in [-0.15, -0.1) is 0 Å². The second-order valence-corrected chi connectivity index (χ2v) is 6.13. The molecule has 1 unspecified atom stereocenters. The number of carbonyl (C=O) groups is 1. The van der Waals surface area contributed by atoms with Gasteiger partial charge in [0.15, 0.2) is 0 Å². The van der Waals surface area contributed by atoms with E-state index in [1.165, 1.54) is 4.90 Å². The van der Waals surface area contributed by atoms with E-state index < -0.39 is 17.3 Å². The minimum absolute atomic E-state index is 0.150. The lowest BCUT2D eigenvalue weighted by Crippen LogP contribution is -2.55. The Labute approximate surface area is 114 Å². The molecule has 0 aromatic rings. The van der Waals surface area contributed by atoms with Crippen molar-refractivity contribution in [3.8, 4) is 0 Å². The largest absolute Gasteiger partial charge is 0.444 e. The topological polar surface area (TPSA) is 82.0 Å². The Morgan fingerprint density at radius 1 is 1.47 bits per heavy atom. The number of hydrogen-bond donors (Lipinski definition) is 3. The first-order valence-corrected chi connectivity index (χ1v) is 6.78. The van der Waals surface area contributed by atoms with Gasteiger partial charge in [0, 0.05) is 13.1 Å². The number of nitrogens with zero attached hydrogens (tertiary/aromatic N) is 1. The van der Waals surface area contributed by atoms with Crippen LogP contribution in [0, 0.1) is 0 Å². The van der Waals surface area contributed by atoms with Crippen molar-refractivity contribution >= 4 is 6.09 Å². The summed E-state index contributed by atoms with van der Waals surface area (Å²) in [5.74, 6) is 0. The molecule has 19 heavy (non-hydrogen) atoms. The quantitative estimate of drug-likeness (QED) is 0.688. The maximum atomic E-state index is 12.0. The van der Waals surface area contributed by atoms with Crippen LogP contribution in [0.4, 0.5) is 4.79 Å². The monoisotopic (exact) mass is 274 g/mol. The number of amides is 1. The van der Waals surface area contributed by atoms with Crippen molar-refractivity contribution < 1.29 is 19.7 Å². The number of carbonyl (C=O) groups excluding carboxylic acids is 1. The molecule has 0 spiro atoms. The molecular formula is C13H26N2O4. The second-order valence-electron chi connectivity index (χ2n) is 6.13. The van der Waals surface area contributed by atoms with E-state index in [4.69, 9.17) is 9.84 Å². The van der Waals surface area contributed by atoms with Crippen LogP contribution in [0.15, 0.2) is 0 Å². The number of ether oxygens (including phenoxy) is 1. The number of aliphatic hydroxyl groups excluding tert-OH is 1. The fourth-order valence-electron chi connectivity index (χ4n) is 2.12. The van der Waals surface area contributed by atoms with Gasteiger partial charge in [-0.3, -0.25) is 0 Å². The number of nitrogens with one attached hydrogen (secondary N) is 1. The highest BCUT2D eigenvalue weighted by Crippen LogP contribution is 2.19. The van der Waals surface area contributed by atoms with Gasteiger partial charge in [0.25, 0.3) is 0 Å². The molecule has 1 fully saturated rings. The van der Waals surface area contributed by atoms with Crippen molar-refractivity contribution in [1.82, 2.24) is 10.2 Å². The standard InChI is InChI=1S/C13H26N2O4/c1-12(2,3)19-11(17)15(7-8-16)10-13(18)5-4-6-14-9-13/h14,16,18H,4-10H2,1-3H3. The zero-order valence-corrected chi connectivity index (χ0v) is 12.1. The van der Waals surface area contributed by atoms with E-state index in [0.717, 1.165) is 13.0 Å². The summed E-state index contributed by atoms with van der Waals surface area (Å²) in [6.07, 6.45) is 1.02. The highest BCUT2D eigenvalue weighted by Gasteiger charge is 2.34. The van der Waals surface area contributed by atoms with Crippen molar-refractivity contribution in [1.29, 1.82) is 0 Å². The fourth-order valence-corrected chi connectivity index (χ4v) is 2.12. The van der Waals surface area contributed by atoms with Gasteiger partial charge in [-0.25, -0.2) is 4.79 Å². The molecule has 1 atom stereocenters. The van der Waals surface area contributed by atoms with E-state index in [9.17, 15) is 9.90 Å². The van der Waals surface area contributed by atoms with Crippen LogP contribution in [-0.4, -0.2) is 65.2 Å². The van der Waals surface area contributed by atoms with E-state index in [2.05, 4.69) is 5.32 Å². The van der Waals surface area contributed by atoms with Crippen LogP contribution in [-0.2, 0) is 4.74 Å². The number of rotatable bonds is 4. The summed E-state index contributed by atoms with van der Waals surface area (Å²) in [5.41, 5.74) is -1.53. The molecule has 6 heteroatoms. The highest BCUT2D eigenvalue weighted by molar-refractivity contribution is 5.68. The first-order valence-electron chi connectivity index (χ1n) is 6.78. The number of piperidine rings is 1. The van der Waals surface area contributed by atoms with Crippen LogP contribution >= 0.6 is 0 Å². The average molecular weight is 274 g/mol. The first-order chi connectivity index (χ1) is 8.76. The summed E-state index contributed by atoms with van der Waals surface area (Å²) in [6, 6.07) is 0. The van der Waals surface area contributed by atoms with Crippen LogP contribution in [0.2, 0.25) is 0 Å². The number of hydrogen-bond acceptors (Lipinski definition) is 5. The zero-order valence-electron chi connectivity index (χ0n) is 12.1. The highest BCUT2D eigenvalue weighted by atomic mass is 16.6. The van der Waals surface area contributed by atoms with Crippen LogP contribution in [0.1, 0.15) is 33.6 Å². The molecule has 1 amide bonds. The third kappa shape index (κ3) is 5.76. The molecule has 0 aromatic carbocycles. The van der Waals surface area contributed by atoms with Gasteiger partial charge in [0.1, 0.15) is 5.60 Å². The molecule has 0 bridgehead atoms. The fraction of sp³-hybridized carbons (Fsp3) is 0.923. The lowest BCUT2D eigenvalue weighted by atomic mass is 9.93. The Morgan fingerprint density at radius 2 is 2.16 bits per heavy atom. The smallest absolute Gasteiger partial charge is 0.410 e. The molecule has 0 radical (unpaired) electrons. The lowest BCUT2D eigenvalue weighted by Gasteiger charge is -2.37. The normalized spacial score (nSPS) is 24.1. The van der Waals surface area contributed by atoms with E-state index in [1.807, 2.05) is 0 Å². The Bertz CT molecular complexity index is 296. The third-order valence-electron chi connectivity index (χ3n) is 2.96. The van der Waals surface area contributed by atoms with Crippen LogP contribution in [0.25, 0.3) is 0 Å². The molecule has 0 aliphatic carbocycles. The molecule has 1 heterocycles. The first kappa shape index (κ1) is 16.2. The van der Waals surface area contributed by atoms with Crippen molar-refractivity contribution in [3.05, 3.63) is 0 Å². The van der Waals surface area contributed by atoms with Gasteiger partial charge in [0.05, 0.1) is 18.8 Å². The van der Waals surface area contributed by atoms with E-state index in [-0.39, 0.29) is 19.7 Å². The van der Waals surface area contributed by atoms with E-state index >= 15 is 0 Å². The second kappa shape index (κ2) is 6.54. The number of β-amino-alcohol motifs (C(OH)–C–C–N with tert-alkyl or cyclic N) is 1.